The third kappa shape index (κ3) is 11.5. The summed E-state index contributed by atoms with van der Waals surface area (Å²) in [6.07, 6.45) is 13.3. The molecule has 1 saturated carbocycles. The molecule has 1 fully saturated rings. The van der Waals surface area contributed by atoms with Crippen molar-refractivity contribution in [1.29, 1.82) is 0 Å². The first-order valence-corrected chi connectivity index (χ1v) is 13.2. The lowest BCUT2D eigenvalue weighted by Gasteiger charge is -2.19. The van der Waals surface area contributed by atoms with Gasteiger partial charge in [-0.25, -0.2) is 0 Å². The van der Waals surface area contributed by atoms with Crippen LogP contribution in [0.5, 0.6) is 5.75 Å². The second-order valence-corrected chi connectivity index (χ2v) is 9.87. The standard InChI is InChI=1S/C31H37F3O6/c1-3-10-22(11-4-2)20-40-30(38)15-8-6-5-7-14-26-27(29(37)19-28(26)36)17-16-24(35)21-39-25-13-9-12-23(18-25)31(32,33)34/h1-2,5,7,9,12-13,16-18,22,24,26-29,35-37H,6,8,10-11,14-15,19-21H2/b7-5-,17-16+/t24-,26-,27-,28+,29-/m1/s1. The number of unbranched alkanes of at least 4 members (excludes halogenated alkanes) is 1. The van der Waals surface area contributed by atoms with Gasteiger partial charge in [-0.05, 0) is 43.4 Å². The summed E-state index contributed by atoms with van der Waals surface area (Å²) < 4.78 is 49.1. The van der Waals surface area contributed by atoms with Crippen LogP contribution in [0, 0.1) is 42.4 Å². The number of carbonyl (C=O) groups is 1. The smallest absolute Gasteiger partial charge is 0.416 e. The van der Waals surface area contributed by atoms with Gasteiger partial charge in [0.1, 0.15) is 18.5 Å². The van der Waals surface area contributed by atoms with Crippen LogP contribution in [0.25, 0.3) is 0 Å². The van der Waals surface area contributed by atoms with E-state index in [0.717, 1.165) is 12.1 Å². The van der Waals surface area contributed by atoms with Gasteiger partial charge in [-0.15, -0.1) is 24.7 Å². The Hall–Kier alpha value is -3.24. The van der Waals surface area contributed by atoms with Crippen LogP contribution in [0.1, 0.15) is 50.5 Å². The molecule has 1 aromatic carbocycles. The minimum absolute atomic E-state index is 0.0214. The number of aliphatic hydroxyl groups is 3. The molecule has 1 aromatic rings. The number of allylic oxidation sites excluding steroid dienone is 2. The Labute approximate surface area is 233 Å². The van der Waals surface area contributed by atoms with Crippen LogP contribution in [-0.2, 0) is 15.7 Å². The van der Waals surface area contributed by atoms with Crippen molar-refractivity contribution in [3.05, 3.63) is 54.1 Å². The van der Waals surface area contributed by atoms with Gasteiger partial charge in [-0.3, -0.25) is 4.79 Å². The van der Waals surface area contributed by atoms with Gasteiger partial charge in [0.05, 0.1) is 24.4 Å². The number of esters is 1. The molecular weight excluding hydrogens is 525 g/mol. The molecule has 0 unspecified atom stereocenters. The molecule has 0 aromatic heterocycles. The van der Waals surface area contributed by atoms with Gasteiger partial charge >= 0.3 is 12.1 Å². The summed E-state index contributed by atoms with van der Waals surface area (Å²) in [6, 6.07) is 4.38. The summed E-state index contributed by atoms with van der Waals surface area (Å²) in [5, 5.41) is 31.0. The number of benzene rings is 1. The number of alkyl halides is 3. The van der Waals surface area contributed by atoms with E-state index >= 15 is 0 Å². The molecule has 9 heteroatoms. The quantitative estimate of drug-likeness (QED) is 0.124. The number of ether oxygens (including phenoxy) is 2. The number of aliphatic hydroxyl groups excluding tert-OH is 3. The van der Waals surface area contributed by atoms with E-state index in [-0.39, 0.29) is 49.6 Å². The highest BCUT2D eigenvalue weighted by molar-refractivity contribution is 5.69. The third-order valence-electron chi connectivity index (χ3n) is 6.67. The second-order valence-electron chi connectivity index (χ2n) is 9.87. The fraction of sp³-hybridized carbons (Fsp3) is 0.516. The van der Waals surface area contributed by atoms with E-state index in [4.69, 9.17) is 22.3 Å². The number of hydrogen-bond donors (Lipinski definition) is 3. The van der Waals surface area contributed by atoms with Crippen LogP contribution in [0.4, 0.5) is 13.2 Å². The van der Waals surface area contributed by atoms with Gasteiger partial charge in [0.25, 0.3) is 0 Å². The predicted molar refractivity (Wildman–Crippen MR) is 145 cm³/mol. The van der Waals surface area contributed by atoms with E-state index in [2.05, 4.69) is 11.8 Å². The van der Waals surface area contributed by atoms with Crippen molar-refractivity contribution >= 4 is 5.97 Å². The van der Waals surface area contributed by atoms with E-state index in [1.165, 1.54) is 18.2 Å². The van der Waals surface area contributed by atoms with Crippen molar-refractivity contribution in [2.75, 3.05) is 13.2 Å². The summed E-state index contributed by atoms with van der Waals surface area (Å²) >= 11 is 0. The molecule has 1 aliphatic rings. The largest absolute Gasteiger partial charge is 0.491 e. The van der Waals surface area contributed by atoms with Crippen molar-refractivity contribution in [3.63, 3.8) is 0 Å². The minimum atomic E-state index is -4.50. The van der Waals surface area contributed by atoms with Crippen LogP contribution in [-0.4, -0.2) is 52.8 Å². The lowest BCUT2D eigenvalue weighted by molar-refractivity contribution is -0.145. The Balaban J connectivity index is 1.77. The molecule has 0 heterocycles. The molecule has 0 spiro atoms. The van der Waals surface area contributed by atoms with Gasteiger partial charge in [-0.2, -0.15) is 13.2 Å². The maximum atomic E-state index is 12.8. The first-order chi connectivity index (χ1) is 19.0. The topological polar surface area (TPSA) is 96.2 Å². The van der Waals surface area contributed by atoms with Crippen LogP contribution in [0.15, 0.2) is 48.6 Å². The van der Waals surface area contributed by atoms with Gasteiger partial charge in [-0.1, -0.05) is 30.4 Å². The lowest BCUT2D eigenvalue weighted by Crippen LogP contribution is -2.21. The minimum Gasteiger partial charge on any atom is -0.491 e. The Morgan fingerprint density at radius 2 is 1.85 bits per heavy atom. The maximum Gasteiger partial charge on any atom is 0.416 e. The van der Waals surface area contributed by atoms with Crippen molar-refractivity contribution in [3.8, 4) is 30.4 Å². The molecule has 6 nitrogen and oxygen atoms in total. The number of rotatable bonds is 15. The third-order valence-corrected chi connectivity index (χ3v) is 6.67. The normalized spacial score (nSPS) is 21.9. The summed E-state index contributed by atoms with van der Waals surface area (Å²) in [7, 11) is 0. The lowest BCUT2D eigenvalue weighted by atomic mass is 9.89. The molecule has 0 bridgehead atoms. The Morgan fingerprint density at radius 1 is 1.12 bits per heavy atom. The van der Waals surface area contributed by atoms with E-state index in [9.17, 15) is 33.3 Å². The van der Waals surface area contributed by atoms with Crippen LogP contribution >= 0.6 is 0 Å². The van der Waals surface area contributed by atoms with Gasteiger partial charge in [0.15, 0.2) is 0 Å². The molecule has 0 aliphatic heterocycles. The Kier molecular flexibility index (Phi) is 13.8. The zero-order valence-electron chi connectivity index (χ0n) is 22.3. The molecule has 0 radical (unpaired) electrons. The highest BCUT2D eigenvalue weighted by Crippen LogP contribution is 2.36. The van der Waals surface area contributed by atoms with Gasteiger partial charge in [0, 0.05) is 37.5 Å². The maximum absolute atomic E-state index is 12.8. The molecule has 0 saturated heterocycles. The van der Waals surface area contributed by atoms with E-state index < -0.39 is 36.0 Å². The molecule has 0 amide bonds. The number of carbonyl (C=O) groups excluding carboxylic acids is 1. The fourth-order valence-corrected chi connectivity index (χ4v) is 4.50. The van der Waals surface area contributed by atoms with Crippen LogP contribution in [0.2, 0.25) is 0 Å². The summed E-state index contributed by atoms with van der Waals surface area (Å²) in [4.78, 5) is 11.9. The van der Waals surface area contributed by atoms with Gasteiger partial charge in [0.2, 0.25) is 0 Å². The Bertz CT molecular complexity index is 1050. The molecule has 3 N–H and O–H groups in total. The first-order valence-electron chi connectivity index (χ1n) is 13.2. The van der Waals surface area contributed by atoms with E-state index in [1.54, 1.807) is 6.08 Å². The highest BCUT2D eigenvalue weighted by Gasteiger charge is 2.39. The summed E-state index contributed by atoms with van der Waals surface area (Å²) in [5.41, 5.74) is -0.848. The van der Waals surface area contributed by atoms with Crippen molar-refractivity contribution in [2.24, 2.45) is 17.8 Å². The molecule has 218 valence electrons. The van der Waals surface area contributed by atoms with Crippen LogP contribution < -0.4 is 4.74 Å². The number of hydrogen-bond acceptors (Lipinski definition) is 6. The predicted octanol–water partition coefficient (Wildman–Crippen LogP) is 4.68. The monoisotopic (exact) mass is 562 g/mol. The first kappa shape index (κ1) is 33.0. The van der Waals surface area contributed by atoms with Crippen molar-refractivity contribution in [2.45, 2.75) is 69.4 Å². The molecular formula is C31H37F3O6. The summed E-state index contributed by atoms with van der Waals surface area (Å²) in [6.45, 7) is -0.0728. The number of halogens is 3. The molecule has 5 atom stereocenters. The molecule has 40 heavy (non-hydrogen) atoms. The average molecular weight is 563 g/mol. The Morgan fingerprint density at radius 3 is 2.52 bits per heavy atom. The molecule has 1 aliphatic carbocycles. The SMILES string of the molecule is C#CCC(CC#C)COC(=O)CCC/C=C\C[C@@H]1[C@@H](/C=C/[C@@H](O)COc2cccc(C(F)(F)F)c2)[C@H](O)C[C@@H]1O. The zero-order chi connectivity index (χ0) is 29.5. The zero-order valence-corrected chi connectivity index (χ0v) is 22.3. The van der Waals surface area contributed by atoms with Crippen molar-refractivity contribution in [1.82, 2.24) is 0 Å². The average Bonchev–Trinajstić information content (AvgIpc) is 3.18. The number of terminal acetylenes is 2. The van der Waals surface area contributed by atoms with E-state index in [0.29, 0.717) is 32.1 Å². The van der Waals surface area contributed by atoms with Crippen molar-refractivity contribution < 1.29 is 42.8 Å². The second kappa shape index (κ2) is 16.8. The summed E-state index contributed by atoms with van der Waals surface area (Å²) in [5.74, 6) is 3.96. The van der Waals surface area contributed by atoms with Gasteiger partial charge < -0.3 is 24.8 Å². The highest BCUT2D eigenvalue weighted by atomic mass is 19.4. The van der Waals surface area contributed by atoms with Crippen LogP contribution in [0.3, 0.4) is 0 Å². The molecule has 2 rings (SSSR count). The van der Waals surface area contributed by atoms with E-state index in [1.807, 2.05) is 12.2 Å². The fourth-order valence-electron chi connectivity index (χ4n) is 4.50.